The Balaban J connectivity index is 2.18. The Kier molecular flexibility index (Phi) is 2.80. The van der Waals surface area contributed by atoms with Crippen LogP contribution in [0, 0.1) is 0 Å². The molecule has 0 aromatic rings. The van der Waals surface area contributed by atoms with Gasteiger partial charge in [0.05, 0.1) is 5.60 Å². The lowest BCUT2D eigenvalue weighted by molar-refractivity contribution is 0.0584. The highest BCUT2D eigenvalue weighted by atomic mass is 32.2. The van der Waals surface area contributed by atoms with Crippen LogP contribution in [0.4, 0.5) is 0 Å². The Bertz CT molecular complexity index is 256. The zero-order valence-corrected chi connectivity index (χ0v) is 9.43. The molecule has 2 nitrogen and oxygen atoms in total. The minimum atomic E-state index is -0.680. The maximum Gasteiger partial charge on any atom is 0.0850 e. The summed E-state index contributed by atoms with van der Waals surface area (Å²) in [4.78, 5) is 0. The third kappa shape index (κ3) is 1.80. The number of aliphatic hydroxyl groups is 1. The molecular formula is C11H18O2S. The normalized spacial score (nSPS) is 48.3. The first-order valence-corrected chi connectivity index (χ1v) is 6.68. The molecule has 0 aromatic carbocycles. The molecule has 2 bridgehead atoms. The smallest absolute Gasteiger partial charge is 0.0850 e. The third-order valence-electron chi connectivity index (χ3n) is 3.35. The van der Waals surface area contributed by atoms with Gasteiger partial charge in [-0.2, -0.15) is 0 Å². The van der Waals surface area contributed by atoms with Crippen LogP contribution in [-0.4, -0.2) is 25.4 Å². The van der Waals surface area contributed by atoms with Gasteiger partial charge in [-0.25, -0.2) is 0 Å². The number of hydrogen-bond donors (Lipinski definition) is 1. The number of allylic oxidation sites excluding steroid dienone is 1. The number of fused-ring (bicyclic) bond motifs is 2. The predicted molar refractivity (Wildman–Crippen MR) is 58.6 cm³/mol. The highest BCUT2D eigenvalue weighted by Gasteiger charge is 2.43. The van der Waals surface area contributed by atoms with Crippen LogP contribution in [0.3, 0.4) is 0 Å². The summed E-state index contributed by atoms with van der Waals surface area (Å²) in [6.45, 7) is 1.93. The lowest BCUT2D eigenvalue weighted by Crippen LogP contribution is -2.47. The van der Waals surface area contributed by atoms with E-state index in [1.807, 2.05) is 19.1 Å². The summed E-state index contributed by atoms with van der Waals surface area (Å²) in [5.74, 6) is 0. The number of hydrogen-bond acceptors (Lipinski definition) is 2. The van der Waals surface area contributed by atoms with E-state index in [2.05, 4.69) is 0 Å². The van der Waals surface area contributed by atoms with Crippen LogP contribution in [0.1, 0.15) is 39.0 Å². The summed E-state index contributed by atoms with van der Waals surface area (Å²) >= 11 is 0. The molecule has 2 fully saturated rings. The summed E-state index contributed by atoms with van der Waals surface area (Å²) in [6.07, 6.45) is 8.43. The van der Waals surface area contributed by atoms with Gasteiger partial charge in [0, 0.05) is 21.3 Å². The van der Waals surface area contributed by atoms with Crippen molar-refractivity contribution >= 4 is 10.8 Å². The molecule has 2 rings (SSSR count). The van der Waals surface area contributed by atoms with Crippen molar-refractivity contribution in [2.45, 2.75) is 55.1 Å². The molecule has 0 aromatic heterocycles. The summed E-state index contributed by atoms with van der Waals surface area (Å²) in [6, 6.07) is 0. The molecule has 80 valence electrons. The van der Waals surface area contributed by atoms with Gasteiger partial charge in [0.2, 0.25) is 0 Å². The lowest BCUT2D eigenvalue weighted by atomic mass is 9.85. The molecule has 2 unspecified atom stereocenters. The summed E-state index contributed by atoms with van der Waals surface area (Å²) in [5.41, 5.74) is -0.668. The fourth-order valence-corrected chi connectivity index (χ4v) is 5.01. The van der Waals surface area contributed by atoms with Crippen LogP contribution in [0.25, 0.3) is 0 Å². The minimum Gasteiger partial charge on any atom is -0.386 e. The average molecular weight is 214 g/mol. The molecular weight excluding hydrogens is 196 g/mol. The molecule has 2 atom stereocenters. The Morgan fingerprint density at radius 1 is 1.36 bits per heavy atom. The molecule has 1 N–H and O–H groups in total. The van der Waals surface area contributed by atoms with Crippen molar-refractivity contribution in [2.75, 3.05) is 0 Å². The van der Waals surface area contributed by atoms with Crippen LogP contribution in [-0.2, 0) is 10.8 Å². The van der Waals surface area contributed by atoms with Crippen molar-refractivity contribution in [1.82, 2.24) is 0 Å². The minimum absolute atomic E-state index is 0.240. The van der Waals surface area contributed by atoms with Gasteiger partial charge in [-0.1, -0.05) is 18.6 Å². The second kappa shape index (κ2) is 3.78. The van der Waals surface area contributed by atoms with Crippen molar-refractivity contribution < 1.29 is 9.32 Å². The molecule has 0 aliphatic carbocycles. The standard InChI is InChI=1S/C11H18O2S/c1-2-6-11(12)7-9-4-3-5-10(8-11)14(9)13/h2,6,9-10,12H,3-5,7-8H2,1H3/b6-2-. The van der Waals surface area contributed by atoms with E-state index in [0.717, 1.165) is 12.8 Å². The van der Waals surface area contributed by atoms with Gasteiger partial charge < -0.3 is 5.11 Å². The lowest BCUT2D eigenvalue weighted by Gasteiger charge is -2.42. The predicted octanol–water partition coefficient (Wildman–Crippen LogP) is 1.76. The SMILES string of the molecule is C/C=C\C1(O)CC2CCCC(C1)S2=O. The Labute approximate surface area is 87.9 Å². The van der Waals surface area contributed by atoms with Crippen molar-refractivity contribution in [1.29, 1.82) is 0 Å². The summed E-state index contributed by atoms with van der Waals surface area (Å²) < 4.78 is 11.9. The molecule has 14 heavy (non-hydrogen) atoms. The first kappa shape index (κ1) is 10.4. The highest BCUT2D eigenvalue weighted by molar-refractivity contribution is 7.86. The van der Waals surface area contributed by atoms with E-state index in [1.54, 1.807) is 0 Å². The van der Waals surface area contributed by atoms with Crippen molar-refractivity contribution in [3.05, 3.63) is 12.2 Å². The topological polar surface area (TPSA) is 37.3 Å². The van der Waals surface area contributed by atoms with Crippen LogP contribution in [0.5, 0.6) is 0 Å². The zero-order valence-electron chi connectivity index (χ0n) is 8.61. The fourth-order valence-electron chi connectivity index (χ4n) is 2.76. The van der Waals surface area contributed by atoms with Gasteiger partial charge in [-0.15, -0.1) is 0 Å². The Hall–Kier alpha value is -0.150. The van der Waals surface area contributed by atoms with Gasteiger partial charge in [-0.05, 0) is 32.6 Å². The van der Waals surface area contributed by atoms with E-state index < -0.39 is 16.4 Å². The summed E-state index contributed by atoms with van der Waals surface area (Å²) in [5, 5.41) is 10.8. The summed E-state index contributed by atoms with van der Waals surface area (Å²) in [7, 11) is -0.680. The van der Waals surface area contributed by atoms with Crippen LogP contribution in [0.15, 0.2) is 12.2 Å². The van der Waals surface area contributed by atoms with Gasteiger partial charge >= 0.3 is 0 Å². The first-order valence-electron chi connectivity index (χ1n) is 5.40. The number of rotatable bonds is 1. The Morgan fingerprint density at radius 2 is 1.93 bits per heavy atom. The first-order chi connectivity index (χ1) is 6.64. The van der Waals surface area contributed by atoms with E-state index in [4.69, 9.17) is 0 Å². The Morgan fingerprint density at radius 3 is 2.43 bits per heavy atom. The molecule has 0 amide bonds. The van der Waals surface area contributed by atoms with Crippen LogP contribution in [0.2, 0.25) is 0 Å². The van der Waals surface area contributed by atoms with Gasteiger partial charge in [0.1, 0.15) is 0 Å². The van der Waals surface area contributed by atoms with E-state index in [0.29, 0.717) is 12.8 Å². The van der Waals surface area contributed by atoms with E-state index in [-0.39, 0.29) is 10.5 Å². The molecule has 0 saturated carbocycles. The fraction of sp³-hybridized carbons (Fsp3) is 0.818. The van der Waals surface area contributed by atoms with E-state index in [1.165, 1.54) is 6.42 Å². The van der Waals surface area contributed by atoms with Crippen molar-refractivity contribution in [3.8, 4) is 0 Å². The van der Waals surface area contributed by atoms with E-state index in [9.17, 15) is 9.32 Å². The second-order valence-corrected chi connectivity index (χ2v) is 6.51. The van der Waals surface area contributed by atoms with Gasteiger partial charge in [-0.3, -0.25) is 4.21 Å². The monoisotopic (exact) mass is 214 g/mol. The van der Waals surface area contributed by atoms with Crippen LogP contribution >= 0.6 is 0 Å². The molecule has 2 aliphatic heterocycles. The van der Waals surface area contributed by atoms with Crippen molar-refractivity contribution in [2.24, 2.45) is 0 Å². The molecule has 2 heterocycles. The maximum absolute atomic E-state index is 11.9. The van der Waals surface area contributed by atoms with Gasteiger partial charge in [0.15, 0.2) is 0 Å². The third-order valence-corrected chi connectivity index (χ3v) is 5.47. The average Bonchev–Trinajstić information content (AvgIpc) is 2.08. The second-order valence-electron chi connectivity index (χ2n) is 4.52. The van der Waals surface area contributed by atoms with Crippen LogP contribution < -0.4 is 0 Å². The molecule has 0 spiro atoms. The largest absolute Gasteiger partial charge is 0.386 e. The quantitative estimate of drug-likeness (QED) is 0.675. The maximum atomic E-state index is 11.9. The molecule has 0 radical (unpaired) electrons. The van der Waals surface area contributed by atoms with E-state index >= 15 is 0 Å². The van der Waals surface area contributed by atoms with Crippen molar-refractivity contribution in [3.63, 3.8) is 0 Å². The highest BCUT2D eigenvalue weighted by Crippen LogP contribution is 2.39. The zero-order chi connectivity index (χ0) is 10.2. The van der Waals surface area contributed by atoms with Gasteiger partial charge in [0.25, 0.3) is 0 Å². The molecule has 2 aliphatic rings. The molecule has 2 saturated heterocycles. The molecule has 3 heteroatoms.